The fourth-order valence-electron chi connectivity index (χ4n) is 1.98. The van der Waals surface area contributed by atoms with Crippen molar-refractivity contribution < 1.29 is 18.6 Å². The van der Waals surface area contributed by atoms with Gasteiger partial charge in [-0.05, 0) is 37.1 Å². The molecule has 1 rings (SSSR count). The highest BCUT2D eigenvalue weighted by atomic mass is 19.1. The third-order valence-corrected chi connectivity index (χ3v) is 3.02. The van der Waals surface area contributed by atoms with Gasteiger partial charge in [0.05, 0.1) is 20.8 Å². The monoisotopic (exact) mass is 271 g/mol. The Bertz CT molecular complexity index is 378. The molecule has 0 bridgehead atoms. The standard InChI is InChI=1S/C14H22FNO3/c1-17-10-14(15,5-4-6-16)11-7-12(18-2)9-13(8-11)19-3/h7-9H,4-6,10,16H2,1-3H3. The smallest absolute Gasteiger partial charge is 0.159 e. The molecular formula is C14H22FNO3. The molecule has 0 saturated carbocycles. The first-order chi connectivity index (χ1) is 9.09. The molecule has 0 radical (unpaired) electrons. The zero-order valence-corrected chi connectivity index (χ0v) is 11.7. The van der Waals surface area contributed by atoms with Crippen molar-refractivity contribution in [3.8, 4) is 11.5 Å². The summed E-state index contributed by atoms with van der Waals surface area (Å²) in [6.45, 7) is 0.416. The highest BCUT2D eigenvalue weighted by Crippen LogP contribution is 2.36. The number of alkyl halides is 1. The van der Waals surface area contributed by atoms with Crippen LogP contribution in [0.25, 0.3) is 0 Å². The first-order valence-corrected chi connectivity index (χ1v) is 6.21. The topological polar surface area (TPSA) is 53.7 Å². The zero-order chi connectivity index (χ0) is 14.3. The predicted molar refractivity (Wildman–Crippen MR) is 72.5 cm³/mol. The van der Waals surface area contributed by atoms with E-state index in [1.165, 1.54) is 21.3 Å². The molecule has 108 valence electrons. The van der Waals surface area contributed by atoms with Gasteiger partial charge in [-0.15, -0.1) is 0 Å². The molecule has 0 aliphatic rings. The summed E-state index contributed by atoms with van der Waals surface area (Å²) >= 11 is 0. The SMILES string of the molecule is COCC(F)(CCCN)c1cc(OC)cc(OC)c1. The number of rotatable bonds is 8. The maximum Gasteiger partial charge on any atom is 0.159 e. The van der Waals surface area contributed by atoms with Crippen molar-refractivity contribution in [2.24, 2.45) is 5.73 Å². The van der Waals surface area contributed by atoms with Gasteiger partial charge in [0.25, 0.3) is 0 Å². The molecule has 0 amide bonds. The van der Waals surface area contributed by atoms with Gasteiger partial charge in [0.15, 0.2) is 5.67 Å². The third-order valence-electron chi connectivity index (χ3n) is 3.02. The van der Waals surface area contributed by atoms with Crippen molar-refractivity contribution in [1.29, 1.82) is 0 Å². The van der Waals surface area contributed by atoms with E-state index in [2.05, 4.69) is 0 Å². The Hall–Kier alpha value is -1.33. The van der Waals surface area contributed by atoms with Gasteiger partial charge in [-0.2, -0.15) is 0 Å². The van der Waals surface area contributed by atoms with Crippen LogP contribution in [0.4, 0.5) is 4.39 Å². The van der Waals surface area contributed by atoms with E-state index in [0.29, 0.717) is 36.4 Å². The number of halogens is 1. The van der Waals surface area contributed by atoms with Gasteiger partial charge in [-0.1, -0.05) is 0 Å². The summed E-state index contributed by atoms with van der Waals surface area (Å²) in [6.07, 6.45) is 0.882. The quantitative estimate of drug-likeness (QED) is 0.788. The summed E-state index contributed by atoms with van der Waals surface area (Å²) in [7, 11) is 4.55. The first kappa shape index (κ1) is 15.7. The minimum atomic E-state index is -1.59. The largest absolute Gasteiger partial charge is 0.497 e. The van der Waals surface area contributed by atoms with Crippen LogP contribution in [0.2, 0.25) is 0 Å². The van der Waals surface area contributed by atoms with Crippen molar-refractivity contribution in [2.75, 3.05) is 34.5 Å². The lowest BCUT2D eigenvalue weighted by Gasteiger charge is -2.26. The molecule has 1 unspecified atom stereocenters. The second kappa shape index (κ2) is 7.31. The Morgan fingerprint density at radius 2 is 1.68 bits per heavy atom. The van der Waals surface area contributed by atoms with Crippen LogP contribution >= 0.6 is 0 Å². The zero-order valence-electron chi connectivity index (χ0n) is 11.7. The highest BCUT2D eigenvalue weighted by Gasteiger charge is 2.32. The molecule has 0 fully saturated rings. The molecule has 0 aliphatic heterocycles. The molecule has 2 N–H and O–H groups in total. The molecule has 19 heavy (non-hydrogen) atoms. The van der Waals surface area contributed by atoms with Crippen molar-refractivity contribution in [2.45, 2.75) is 18.5 Å². The van der Waals surface area contributed by atoms with Gasteiger partial charge in [-0.3, -0.25) is 0 Å². The van der Waals surface area contributed by atoms with Crippen LogP contribution in [-0.4, -0.2) is 34.5 Å². The van der Waals surface area contributed by atoms with Crippen molar-refractivity contribution >= 4 is 0 Å². The third kappa shape index (κ3) is 4.08. The molecule has 5 heteroatoms. The summed E-state index contributed by atoms with van der Waals surface area (Å²) < 4.78 is 30.4. The Labute approximate surface area is 113 Å². The molecule has 0 aliphatic carbocycles. The predicted octanol–water partition coefficient (Wildman–Crippen LogP) is 2.25. The van der Waals surface area contributed by atoms with Gasteiger partial charge in [0, 0.05) is 13.2 Å². The van der Waals surface area contributed by atoms with Gasteiger partial charge in [0.2, 0.25) is 0 Å². The minimum Gasteiger partial charge on any atom is -0.497 e. The van der Waals surface area contributed by atoms with Crippen LogP contribution in [0.3, 0.4) is 0 Å². The van der Waals surface area contributed by atoms with Crippen molar-refractivity contribution in [3.63, 3.8) is 0 Å². The second-order valence-corrected chi connectivity index (χ2v) is 4.39. The van der Waals surface area contributed by atoms with Crippen LogP contribution in [0.1, 0.15) is 18.4 Å². The average molecular weight is 271 g/mol. The number of ether oxygens (including phenoxy) is 3. The van der Waals surface area contributed by atoms with E-state index in [-0.39, 0.29) is 6.61 Å². The summed E-state index contributed by atoms with van der Waals surface area (Å²) in [5.41, 5.74) is 4.36. The molecule has 4 nitrogen and oxygen atoms in total. The molecule has 0 aromatic heterocycles. The molecule has 0 heterocycles. The number of methoxy groups -OCH3 is 3. The van der Waals surface area contributed by atoms with E-state index in [1.807, 2.05) is 0 Å². The Kier molecular flexibility index (Phi) is 6.05. The van der Waals surface area contributed by atoms with Gasteiger partial charge >= 0.3 is 0 Å². The summed E-state index contributed by atoms with van der Waals surface area (Å²) in [5.74, 6) is 1.11. The number of hydrogen-bond acceptors (Lipinski definition) is 4. The van der Waals surface area contributed by atoms with E-state index < -0.39 is 5.67 Å². The van der Waals surface area contributed by atoms with Crippen LogP contribution in [0.15, 0.2) is 18.2 Å². The van der Waals surface area contributed by atoms with Gasteiger partial charge < -0.3 is 19.9 Å². The molecule has 1 aromatic rings. The lowest BCUT2D eigenvalue weighted by molar-refractivity contribution is 0.0301. The Morgan fingerprint density at radius 1 is 1.11 bits per heavy atom. The van der Waals surface area contributed by atoms with E-state index in [0.717, 1.165) is 0 Å². The fraction of sp³-hybridized carbons (Fsp3) is 0.571. The van der Waals surface area contributed by atoms with E-state index in [4.69, 9.17) is 19.9 Å². The van der Waals surface area contributed by atoms with E-state index >= 15 is 4.39 Å². The van der Waals surface area contributed by atoms with E-state index in [1.54, 1.807) is 18.2 Å². The normalized spacial score (nSPS) is 13.9. The minimum absolute atomic E-state index is 0.0245. The summed E-state index contributed by atoms with van der Waals surface area (Å²) in [6, 6.07) is 5.04. The lowest BCUT2D eigenvalue weighted by atomic mass is 9.91. The summed E-state index contributed by atoms with van der Waals surface area (Å²) in [5, 5.41) is 0. The first-order valence-electron chi connectivity index (χ1n) is 6.21. The maximum atomic E-state index is 15.1. The number of hydrogen-bond donors (Lipinski definition) is 1. The van der Waals surface area contributed by atoms with Crippen LogP contribution in [0.5, 0.6) is 11.5 Å². The average Bonchev–Trinajstić information content (AvgIpc) is 2.44. The molecule has 0 saturated heterocycles. The number of benzene rings is 1. The van der Waals surface area contributed by atoms with E-state index in [9.17, 15) is 0 Å². The molecular weight excluding hydrogens is 249 g/mol. The molecule has 1 aromatic carbocycles. The Balaban J connectivity index is 3.12. The lowest BCUT2D eigenvalue weighted by Crippen LogP contribution is -2.27. The fourth-order valence-corrected chi connectivity index (χ4v) is 1.98. The van der Waals surface area contributed by atoms with Crippen molar-refractivity contribution in [3.05, 3.63) is 23.8 Å². The van der Waals surface area contributed by atoms with Gasteiger partial charge in [0.1, 0.15) is 11.5 Å². The maximum absolute atomic E-state index is 15.1. The molecule has 1 atom stereocenters. The van der Waals surface area contributed by atoms with Crippen LogP contribution in [0, 0.1) is 0 Å². The highest BCUT2D eigenvalue weighted by molar-refractivity contribution is 5.41. The van der Waals surface area contributed by atoms with Crippen LogP contribution in [-0.2, 0) is 10.4 Å². The Morgan fingerprint density at radius 3 is 2.11 bits per heavy atom. The van der Waals surface area contributed by atoms with Gasteiger partial charge in [-0.25, -0.2) is 4.39 Å². The summed E-state index contributed by atoms with van der Waals surface area (Å²) in [4.78, 5) is 0. The van der Waals surface area contributed by atoms with Crippen molar-refractivity contribution in [1.82, 2.24) is 0 Å². The molecule has 0 spiro atoms. The second-order valence-electron chi connectivity index (χ2n) is 4.39. The van der Waals surface area contributed by atoms with Crippen LogP contribution < -0.4 is 15.2 Å². The number of nitrogens with two attached hydrogens (primary N) is 1.